The van der Waals surface area contributed by atoms with E-state index in [9.17, 15) is 0 Å². The summed E-state index contributed by atoms with van der Waals surface area (Å²) in [5, 5.41) is 17.3. The summed E-state index contributed by atoms with van der Waals surface area (Å²) in [5.41, 5.74) is 0. The summed E-state index contributed by atoms with van der Waals surface area (Å²) in [4.78, 5) is 8.00. The molecule has 0 aliphatic heterocycles. The third-order valence-electron chi connectivity index (χ3n) is 1.25. The molecule has 0 aromatic rings. The summed E-state index contributed by atoms with van der Waals surface area (Å²) < 4.78 is 10.2. The molecule has 86 valence electrons. The topological polar surface area (TPSA) is 91.2 Å². The van der Waals surface area contributed by atoms with Crippen molar-refractivity contribution in [1.29, 1.82) is 0 Å². The standard InChI is InChI=1S/C8H18O3.HNO2.Na/c1-2-3-5-10-7-8-11-6-4-9;2-1-3;/h9H,2-8H2,1H3;(H,2,3);/q;;+1/p-1. The molecule has 6 nitrogen and oxygen atoms in total. The van der Waals surface area contributed by atoms with E-state index in [1.165, 1.54) is 0 Å². The van der Waals surface area contributed by atoms with Crippen molar-refractivity contribution >= 4 is 0 Å². The van der Waals surface area contributed by atoms with Crippen LogP contribution in [-0.4, -0.2) is 38.1 Å². The summed E-state index contributed by atoms with van der Waals surface area (Å²) in [5.74, 6) is 0. The number of hydrogen-bond acceptors (Lipinski definition) is 6. The Morgan fingerprint density at radius 1 is 1.20 bits per heavy atom. The molecule has 0 saturated heterocycles. The van der Waals surface area contributed by atoms with Crippen LogP contribution in [0.25, 0.3) is 0 Å². The number of rotatable bonds is 8. The van der Waals surface area contributed by atoms with E-state index in [-0.39, 0.29) is 36.2 Å². The largest absolute Gasteiger partial charge is 1.00 e. The Morgan fingerprint density at radius 3 is 2.07 bits per heavy atom. The second-order valence-electron chi connectivity index (χ2n) is 2.38. The molecule has 0 aromatic heterocycles. The van der Waals surface area contributed by atoms with Crippen LogP contribution in [0.4, 0.5) is 0 Å². The SMILES string of the molecule is CCCCOCCOCCO.O=N[O-].[Na+]. The average molecular weight is 231 g/mol. The molecule has 15 heavy (non-hydrogen) atoms. The van der Waals surface area contributed by atoms with Gasteiger partial charge >= 0.3 is 29.6 Å². The van der Waals surface area contributed by atoms with Crippen molar-refractivity contribution in [2.75, 3.05) is 33.0 Å². The maximum Gasteiger partial charge on any atom is 1.00 e. The Hall–Kier alpha value is 0.280. The molecule has 0 bridgehead atoms. The summed E-state index contributed by atoms with van der Waals surface area (Å²) in [6.07, 6.45) is 2.28. The maximum atomic E-state index is 8.34. The summed E-state index contributed by atoms with van der Waals surface area (Å²) in [6.45, 7) is 4.68. The Morgan fingerprint density at radius 2 is 1.67 bits per heavy atom. The van der Waals surface area contributed by atoms with Crippen LogP contribution in [0, 0.1) is 10.1 Å². The van der Waals surface area contributed by atoms with Gasteiger partial charge in [0.05, 0.1) is 26.4 Å². The molecule has 0 radical (unpaired) electrons. The summed E-state index contributed by atoms with van der Waals surface area (Å²) in [6, 6.07) is 0. The Bertz CT molecular complexity index is 99.0. The van der Waals surface area contributed by atoms with Crippen molar-refractivity contribution in [2.45, 2.75) is 19.8 Å². The van der Waals surface area contributed by atoms with Gasteiger partial charge < -0.3 is 24.7 Å². The zero-order valence-electron chi connectivity index (χ0n) is 9.48. The minimum atomic E-state index is 0. The van der Waals surface area contributed by atoms with E-state index >= 15 is 0 Å². The maximum absolute atomic E-state index is 8.34. The molecule has 0 aromatic carbocycles. The van der Waals surface area contributed by atoms with Gasteiger partial charge in [0.1, 0.15) is 0 Å². The third-order valence-corrected chi connectivity index (χ3v) is 1.25. The molecule has 0 aliphatic rings. The Labute approximate surface area is 112 Å². The molecule has 0 saturated carbocycles. The second-order valence-corrected chi connectivity index (χ2v) is 2.38. The third kappa shape index (κ3) is 31.4. The van der Waals surface area contributed by atoms with Crippen molar-refractivity contribution in [2.24, 2.45) is 5.34 Å². The number of unbranched alkanes of at least 4 members (excludes halogenated alkanes) is 1. The summed E-state index contributed by atoms with van der Waals surface area (Å²) >= 11 is 0. The normalized spacial score (nSPS) is 8.40. The van der Waals surface area contributed by atoms with E-state index < -0.39 is 0 Å². The fourth-order valence-electron chi connectivity index (χ4n) is 0.633. The predicted octanol–water partition coefficient (Wildman–Crippen LogP) is -1.93. The first kappa shape index (κ1) is 20.7. The molecule has 1 N–H and O–H groups in total. The molecule has 0 unspecified atom stereocenters. The van der Waals surface area contributed by atoms with Gasteiger partial charge in [-0.25, -0.2) is 0 Å². The van der Waals surface area contributed by atoms with Crippen molar-refractivity contribution in [1.82, 2.24) is 0 Å². The predicted molar refractivity (Wildman–Crippen MR) is 52.8 cm³/mol. The van der Waals surface area contributed by atoms with E-state index in [0.717, 1.165) is 24.8 Å². The number of hydrogen-bond donors (Lipinski definition) is 1. The van der Waals surface area contributed by atoms with Crippen LogP contribution in [0.2, 0.25) is 0 Å². The first-order valence-electron chi connectivity index (χ1n) is 4.54. The quantitative estimate of drug-likeness (QED) is 0.227. The number of aliphatic hydroxyl groups excluding tert-OH is 1. The molecule has 0 rings (SSSR count). The molecule has 7 heteroatoms. The van der Waals surface area contributed by atoms with Crippen LogP contribution >= 0.6 is 0 Å². The van der Waals surface area contributed by atoms with Crippen LogP contribution in [0.5, 0.6) is 0 Å². The molecule has 0 atom stereocenters. The molecular formula is C8H18NNaO5. The van der Waals surface area contributed by atoms with E-state index in [1.54, 1.807) is 0 Å². The molecule has 0 fully saturated rings. The minimum Gasteiger partial charge on any atom is -0.444 e. The van der Waals surface area contributed by atoms with E-state index in [1.807, 2.05) is 0 Å². The first-order valence-corrected chi connectivity index (χ1v) is 4.54. The van der Waals surface area contributed by atoms with E-state index in [0.29, 0.717) is 19.8 Å². The van der Waals surface area contributed by atoms with Crippen molar-refractivity contribution in [3.8, 4) is 0 Å². The molecule has 0 spiro atoms. The monoisotopic (exact) mass is 231 g/mol. The zero-order chi connectivity index (χ0) is 11.1. The van der Waals surface area contributed by atoms with Crippen molar-refractivity contribution < 1.29 is 44.1 Å². The van der Waals surface area contributed by atoms with Crippen LogP contribution in [0.3, 0.4) is 0 Å². The van der Waals surface area contributed by atoms with Gasteiger partial charge in [-0.15, -0.1) is 5.34 Å². The number of ether oxygens (including phenoxy) is 2. The summed E-state index contributed by atoms with van der Waals surface area (Å²) in [7, 11) is 0. The Kier molecular flexibility index (Phi) is 32.8. The first-order chi connectivity index (χ1) is 6.83. The van der Waals surface area contributed by atoms with Crippen LogP contribution < -0.4 is 29.6 Å². The minimum absolute atomic E-state index is 0. The smallest absolute Gasteiger partial charge is 0.444 e. The fourth-order valence-corrected chi connectivity index (χ4v) is 0.633. The molecule has 0 heterocycles. The van der Waals surface area contributed by atoms with Crippen LogP contribution in [-0.2, 0) is 9.47 Å². The van der Waals surface area contributed by atoms with Gasteiger partial charge in [-0.1, -0.05) is 13.3 Å². The number of nitrogens with zero attached hydrogens (tertiary/aromatic N) is 1. The van der Waals surface area contributed by atoms with E-state index in [4.69, 9.17) is 24.7 Å². The van der Waals surface area contributed by atoms with Gasteiger partial charge in [0.15, 0.2) is 0 Å². The molecule has 0 aliphatic carbocycles. The Balaban J connectivity index is -0.000000320. The van der Waals surface area contributed by atoms with Gasteiger partial charge in [-0.05, 0) is 6.42 Å². The van der Waals surface area contributed by atoms with Gasteiger partial charge in [0, 0.05) is 6.61 Å². The molecular weight excluding hydrogens is 213 g/mol. The van der Waals surface area contributed by atoms with Gasteiger partial charge in [0.25, 0.3) is 0 Å². The van der Waals surface area contributed by atoms with Crippen molar-refractivity contribution in [3.63, 3.8) is 0 Å². The second kappa shape index (κ2) is 23.8. The van der Waals surface area contributed by atoms with E-state index in [2.05, 4.69) is 6.92 Å². The van der Waals surface area contributed by atoms with Crippen molar-refractivity contribution in [3.05, 3.63) is 10.1 Å². The number of aliphatic hydroxyl groups is 1. The van der Waals surface area contributed by atoms with Gasteiger partial charge in [-0.2, -0.15) is 0 Å². The van der Waals surface area contributed by atoms with Crippen LogP contribution in [0.1, 0.15) is 19.8 Å². The fraction of sp³-hybridized carbons (Fsp3) is 1.00. The van der Waals surface area contributed by atoms with Gasteiger partial charge in [0.2, 0.25) is 0 Å². The zero-order valence-corrected chi connectivity index (χ0v) is 11.5. The van der Waals surface area contributed by atoms with Crippen LogP contribution in [0.15, 0.2) is 5.34 Å². The molecule has 0 amide bonds. The van der Waals surface area contributed by atoms with Gasteiger partial charge in [-0.3, -0.25) is 0 Å². The average Bonchev–Trinajstić information content (AvgIpc) is 2.18.